The van der Waals surface area contributed by atoms with E-state index in [0.717, 1.165) is 5.56 Å². The van der Waals surface area contributed by atoms with Crippen LogP contribution < -0.4 is 10.5 Å². The molecule has 4 heteroatoms. The molecule has 2 nitrogen and oxygen atoms in total. The van der Waals surface area contributed by atoms with Gasteiger partial charge in [-0.1, -0.05) is 66.3 Å². The Kier molecular flexibility index (Phi) is 4.27. The van der Waals surface area contributed by atoms with E-state index < -0.39 is 0 Å². The van der Waals surface area contributed by atoms with Crippen molar-refractivity contribution >= 4 is 39.6 Å². The molecular formula is C18H14ClNOS. The van der Waals surface area contributed by atoms with E-state index in [-0.39, 0.29) is 4.99 Å². The summed E-state index contributed by atoms with van der Waals surface area (Å²) in [5.74, 6) is 0.643. The molecule has 0 bridgehead atoms. The normalized spacial score (nSPS) is 10.6. The highest BCUT2D eigenvalue weighted by Crippen LogP contribution is 2.25. The molecule has 0 aliphatic rings. The van der Waals surface area contributed by atoms with Crippen LogP contribution in [0.5, 0.6) is 5.75 Å². The van der Waals surface area contributed by atoms with Gasteiger partial charge in [0, 0.05) is 5.02 Å². The van der Waals surface area contributed by atoms with E-state index in [0.29, 0.717) is 22.9 Å². The fraction of sp³-hybridized carbons (Fsp3) is 0.0556. The third-order valence-corrected chi connectivity index (χ3v) is 3.93. The summed E-state index contributed by atoms with van der Waals surface area (Å²) in [5, 5.41) is 2.95. The number of benzene rings is 3. The van der Waals surface area contributed by atoms with Crippen molar-refractivity contribution in [1.29, 1.82) is 0 Å². The average Bonchev–Trinajstić information content (AvgIpc) is 2.53. The molecule has 0 fully saturated rings. The van der Waals surface area contributed by atoms with E-state index in [1.165, 1.54) is 10.8 Å². The summed E-state index contributed by atoms with van der Waals surface area (Å²) in [4.78, 5) is 0.274. The van der Waals surface area contributed by atoms with Gasteiger partial charge in [0.2, 0.25) is 0 Å². The van der Waals surface area contributed by atoms with E-state index in [1.807, 2.05) is 18.2 Å². The minimum Gasteiger partial charge on any atom is -0.488 e. The van der Waals surface area contributed by atoms with Crippen LogP contribution in [0.4, 0.5) is 0 Å². The SMILES string of the molecule is NC(=S)c1cc(Cl)ccc1OCc1cccc2ccccc12. The number of halogens is 1. The number of hydrogen-bond acceptors (Lipinski definition) is 2. The van der Waals surface area contributed by atoms with E-state index in [4.69, 9.17) is 34.3 Å². The van der Waals surface area contributed by atoms with Gasteiger partial charge in [0.05, 0.1) is 5.56 Å². The van der Waals surface area contributed by atoms with Crippen molar-refractivity contribution in [3.63, 3.8) is 0 Å². The smallest absolute Gasteiger partial charge is 0.130 e. The van der Waals surface area contributed by atoms with Crippen LogP contribution in [0, 0.1) is 0 Å². The molecule has 0 saturated heterocycles. The van der Waals surface area contributed by atoms with Crippen molar-refractivity contribution < 1.29 is 4.74 Å². The molecule has 3 aromatic carbocycles. The lowest BCUT2D eigenvalue weighted by Crippen LogP contribution is -2.11. The van der Waals surface area contributed by atoms with Gasteiger partial charge >= 0.3 is 0 Å². The minimum atomic E-state index is 0.274. The first kappa shape index (κ1) is 14.8. The van der Waals surface area contributed by atoms with Gasteiger partial charge in [-0.15, -0.1) is 0 Å². The number of thiocarbonyl (C=S) groups is 1. The number of fused-ring (bicyclic) bond motifs is 1. The predicted molar refractivity (Wildman–Crippen MR) is 95.6 cm³/mol. The maximum Gasteiger partial charge on any atom is 0.130 e. The summed E-state index contributed by atoms with van der Waals surface area (Å²) in [6.07, 6.45) is 0. The first-order valence-corrected chi connectivity index (χ1v) is 7.62. The van der Waals surface area contributed by atoms with E-state index in [9.17, 15) is 0 Å². The molecule has 22 heavy (non-hydrogen) atoms. The summed E-state index contributed by atoms with van der Waals surface area (Å²) in [5.41, 5.74) is 7.50. The fourth-order valence-corrected chi connectivity index (χ4v) is 2.73. The molecule has 0 unspecified atom stereocenters. The van der Waals surface area contributed by atoms with Gasteiger partial charge in [-0.25, -0.2) is 0 Å². The topological polar surface area (TPSA) is 35.2 Å². The Morgan fingerprint density at radius 3 is 2.64 bits per heavy atom. The Balaban J connectivity index is 1.90. The van der Waals surface area contributed by atoms with Crippen LogP contribution in [0.25, 0.3) is 10.8 Å². The van der Waals surface area contributed by atoms with Gasteiger partial charge in [0.25, 0.3) is 0 Å². The molecule has 3 aromatic rings. The highest BCUT2D eigenvalue weighted by atomic mass is 35.5. The highest BCUT2D eigenvalue weighted by Gasteiger charge is 2.09. The van der Waals surface area contributed by atoms with Crippen molar-refractivity contribution in [2.75, 3.05) is 0 Å². The van der Waals surface area contributed by atoms with Gasteiger partial charge in [-0.3, -0.25) is 0 Å². The molecule has 0 aromatic heterocycles. The van der Waals surface area contributed by atoms with Crippen LogP contribution in [-0.4, -0.2) is 4.99 Å². The lowest BCUT2D eigenvalue weighted by atomic mass is 10.1. The molecule has 0 radical (unpaired) electrons. The summed E-state index contributed by atoms with van der Waals surface area (Å²) >= 11 is 11.0. The number of ether oxygens (including phenoxy) is 1. The van der Waals surface area contributed by atoms with Gasteiger partial charge < -0.3 is 10.5 Å². The predicted octanol–water partition coefficient (Wildman–Crippen LogP) is 4.71. The molecule has 0 aliphatic carbocycles. The molecule has 110 valence electrons. The fourth-order valence-electron chi connectivity index (χ4n) is 2.39. The zero-order valence-electron chi connectivity index (χ0n) is 11.8. The monoisotopic (exact) mass is 327 g/mol. The lowest BCUT2D eigenvalue weighted by molar-refractivity contribution is 0.307. The number of nitrogens with two attached hydrogens (primary N) is 1. The third-order valence-electron chi connectivity index (χ3n) is 3.47. The van der Waals surface area contributed by atoms with E-state index in [2.05, 4.69) is 24.3 Å². The van der Waals surface area contributed by atoms with E-state index >= 15 is 0 Å². The summed E-state index contributed by atoms with van der Waals surface area (Å²) in [6.45, 7) is 0.443. The Morgan fingerprint density at radius 1 is 1.05 bits per heavy atom. The molecule has 3 rings (SSSR count). The maximum absolute atomic E-state index is 5.99. The summed E-state index contributed by atoms with van der Waals surface area (Å²) in [6, 6.07) is 19.7. The largest absolute Gasteiger partial charge is 0.488 e. The molecule has 0 aliphatic heterocycles. The second kappa shape index (κ2) is 6.34. The second-order valence-corrected chi connectivity index (χ2v) is 5.81. The average molecular weight is 328 g/mol. The maximum atomic E-state index is 5.99. The van der Waals surface area contributed by atoms with Crippen LogP contribution in [0.1, 0.15) is 11.1 Å². The van der Waals surface area contributed by atoms with Crippen molar-refractivity contribution in [1.82, 2.24) is 0 Å². The van der Waals surface area contributed by atoms with Crippen molar-refractivity contribution in [2.24, 2.45) is 5.73 Å². The zero-order valence-corrected chi connectivity index (χ0v) is 13.3. The first-order valence-electron chi connectivity index (χ1n) is 6.84. The van der Waals surface area contributed by atoms with Crippen LogP contribution in [0.2, 0.25) is 5.02 Å². The van der Waals surface area contributed by atoms with Crippen LogP contribution in [-0.2, 0) is 6.61 Å². The molecule has 0 heterocycles. The van der Waals surface area contributed by atoms with Crippen molar-refractivity contribution in [3.05, 3.63) is 76.8 Å². The van der Waals surface area contributed by atoms with Gasteiger partial charge in [-0.2, -0.15) is 0 Å². The van der Waals surface area contributed by atoms with Gasteiger partial charge in [0.15, 0.2) is 0 Å². The second-order valence-electron chi connectivity index (χ2n) is 4.93. The van der Waals surface area contributed by atoms with Gasteiger partial charge in [-0.05, 0) is 34.5 Å². The Labute approximate surface area is 139 Å². The lowest BCUT2D eigenvalue weighted by Gasteiger charge is -2.12. The van der Waals surface area contributed by atoms with E-state index in [1.54, 1.807) is 18.2 Å². The number of rotatable bonds is 4. The molecular weight excluding hydrogens is 314 g/mol. The molecule has 0 saturated carbocycles. The third kappa shape index (κ3) is 3.06. The van der Waals surface area contributed by atoms with Crippen LogP contribution in [0.15, 0.2) is 60.7 Å². The molecule has 0 spiro atoms. The summed E-state index contributed by atoms with van der Waals surface area (Å²) < 4.78 is 5.92. The molecule has 0 atom stereocenters. The zero-order chi connectivity index (χ0) is 15.5. The Bertz CT molecular complexity index is 842. The standard InChI is InChI=1S/C18H14ClNOS/c19-14-8-9-17(16(10-14)18(20)22)21-11-13-6-3-5-12-4-1-2-7-15(12)13/h1-10H,11H2,(H2,20,22). The van der Waals surface area contributed by atoms with Crippen molar-refractivity contribution in [3.8, 4) is 5.75 Å². The van der Waals surface area contributed by atoms with Crippen LogP contribution >= 0.6 is 23.8 Å². The molecule has 0 amide bonds. The first-order chi connectivity index (χ1) is 10.6. The van der Waals surface area contributed by atoms with Crippen molar-refractivity contribution in [2.45, 2.75) is 6.61 Å². The van der Waals surface area contributed by atoms with Gasteiger partial charge in [0.1, 0.15) is 17.3 Å². The Hall–Kier alpha value is -2.10. The highest BCUT2D eigenvalue weighted by molar-refractivity contribution is 7.80. The Morgan fingerprint density at radius 2 is 1.82 bits per heavy atom. The number of hydrogen-bond donors (Lipinski definition) is 1. The quantitative estimate of drug-likeness (QED) is 0.705. The minimum absolute atomic E-state index is 0.274. The molecule has 2 N–H and O–H groups in total. The summed E-state index contributed by atoms with van der Waals surface area (Å²) in [7, 11) is 0. The van der Waals surface area contributed by atoms with Crippen LogP contribution in [0.3, 0.4) is 0 Å².